The molecule has 0 bridgehead atoms. The minimum Gasteiger partial charge on any atom is -0.497 e. The van der Waals surface area contributed by atoms with Gasteiger partial charge in [0.25, 0.3) is 0 Å². The molecule has 1 fully saturated rings. The van der Waals surface area contributed by atoms with Crippen molar-refractivity contribution < 1.29 is 14.3 Å². The van der Waals surface area contributed by atoms with Crippen LogP contribution in [0.25, 0.3) is 0 Å². The average Bonchev–Trinajstić information content (AvgIpc) is 3.15. The van der Waals surface area contributed by atoms with Gasteiger partial charge in [-0.1, -0.05) is 30.3 Å². The molecule has 1 unspecified atom stereocenters. The van der Waals surface area contributed by atoms with Gasteiger partial charge in [-0.2, -0.15) is 0 Å². The number of hydrogen-bond donors (Lipinski definition) is 1. The van der Waals surface area contributed by atoms with Crippen LogP contribution in [0.1, 0.15) is 27.6 Å². The Morgan fingerprint density at radius 2 is 1.69 bits per heavy atom. The Morgan fingerprint density at radius 1 is 1.03 bits per heavy atom. The Kier molecular flexibility index (Phi) is 6.51. The second-order valence-corrected chi connectivity index (χ2v) is 9.04. The molecule has 1 aliphatic rings. The molecule has 1 heterocycles. The van der Waals surface area contributed by atoms with Crippen molar-refractivity contribution in [3.8, 4) is 5.75 Å². The van der Waals surface area contributed by atoms with Crippen LogP contribution in [0, 0.1) is 13.8 Å². The number of rotatable bonds is 6. The summed E-state index contributed by atoms with van der Waals surface area (Å²) in [7, 11) is 1.62. The van der Waals surface area contributed by atoms with Crippen LogP contribution in [0.2, 0.25) is 0 Å². The molecule has 164 valence electrons. The van der Waals surface area contributed by atoms with Crippen LogP contribution < -0.4 is 15.0 Å². The number of carbonyl (C=O) groups excluding carboxylic acids is 2. The predicted octanol–water partition coefficient (Wildman–Crippen LogP) is 5.27. The number of benzene rings is 3. The standard InChI is InChI=1S/C26H26N2O3S/c1-17-12-18(2)14-22(13-17)28-25(30)16-32-26(28)20-6-8-21(9-7-20)27-24(29)15-19-4-10-23(31-3)11-5-19/h4-14,26H,15-16H2,1-3H3,(H,27,29). The molecular formula is C26H26N2O3S. The van der Waals surface area contributed by atoms with E-state index in [0.717, 1.165) is 39.4 Å². The second-order valence-electron chi connectivity index (χ2n) is 7.97. The van der Waals surface area contributed by atoms with Crippen LogP contribution in [-0.4, -0.2) is 24.7 Å². The van der Waals surface area contributed by atoms with Gasteiger partial charge in [-0.15, -0.1) is 11.8 Å². The minimum atomic E-state index is -0.0785. The van der Waals surface area contributed by atoms with E-state index in [1.807, 2.05) is 67.3 Å². The zero-order valence-corrected chi connectivity index (χ0v) is 19.2. The van der Waals surface area contributed by atoms with E-state index in [4.69, 9.17) is 4.74 Å². The van der Waals surface area contributed by atoms with Gasteiger partial charge >= 0.3 is 0 Å². The molecule has 0 aliphatic carbocycles. The van der Waals surface area contributed by atoms with Crippen LogP contribution >= 0.6 is 11.8 Å². The number of hydrogen-bond acceptors (Lipinski definition) is 4. The zero-order valence-electron chi connectivity index (χ0n) is 18.4. The molecule has 32 heavy (non-hydrogen) atoms. The van der Waals surface area contributed by atoms with Gasteiger partial charge in [-0.3, -0.25) is 14.5 Å². The second kappa shape index (κ2) is 9.49. The number of anilines is 2. The maximum atomic E-state index is 12.6. The Bertz CT molecular complexity index is 1110. The third-order valence-corrected chi connectivity index (χ3v) is 6.57. The van der Waals surface area contributed by atoms with Crippen LogP contribution in [0.5, 0.6) is 5.75 Å². The first kappa shape index (κ1) is 22.0. The average molecular weight is 447 g/mol. The molecule has 0 aromatic heterocycles. The van der Waals surface area contributed by atoms with Gasteiger partial charge in [0, 0.05) is 11.4 Å². The summed E-state index contributed by atoms with van der Waals surface area (Å²) in [5.74, 6) is 1.26. The topological polar surface area (TPSA) is 58.6 Å². The van der Waals surface area contributed by atoms with Crippen LogP contribution in [0.15, 0.2) is 66.7 Å². The molecule has 3 aromatic rings. The Balaban J connectivity index is 1.45. The fraction of sp³-hybridized carbons (Fsp3) is 0.231. The zero-order chi connectivity index (χ0) is 22.7. The molecule has 1 aliphatic heterocycles. The highest BCUT2D eigenvalue weighted by atomic mass is 32.2. The van der Waals surface area contributed by atoms with Crippen molar-refractivity contribution in [3.05, 3.63) is 89.0 Å². The number of thioether (sulfide) groups is 1. The molecule has 4 rings (SSSR count). The molecule has 3 aromatic carbocycles. The van der Waals surface area contributed by atoms with Crippen molar-refractivity contribution in [1.29, 1.82) is 0 Å². The SMILES string of the molecule is COc1ccc(CC(=O)Nc2ccc(C3SCC(=O)N3c3cc(C)cc(C)c3)cc2)cc1. The fourth-order valence-corrected chi connectivity index (χ4v) is 5.08. The Labute approximate surface area is 192 Å². The van der Waals surface area contributed by atoms with Gasteiger partial charge < -0.3 is 10.1 Å². The van der Waals surface area contributed by atoms with E-state index in [-0.39, 0.29) is 17.2 Å². The molecule has 5 nitrogen and oxygen atoms in total. The lowest BCUT2D eigenvalue weighted by Crippen LogP contribution is -2.28. The molecule has 1 saturated heterocycles. The lowest BCUT2D eigenvalue weighted by molar-refractivity contribution is -0.116. The highest BCUT2D eigenvalue weighted by molar-refractivity contribution is 8.00. The molecule has 0 saturated carbocycles. The van der Waals surface area contributed by atoms with Crippen molar-refractivity contribution in [2.45, 2.75) is 25.6 Å². The maximum Gasteiger partial charge on any atom is 0.238 e. The summed E-state index contributed by atoms with van der Waals surface area (Å²) in [6, 6.07) is 21.4. The smallest absolute Gasteiger partial charge is 0.238 e. The van der Waals surface area contributed by atoms with Gasteiger partial charge in [0.05, 0.1) is 19.3 Å². The Hall–Kier alpha value is -3.25. The van der Waals surface area contributed by atoms with E-state index in [0.29, 0.717) is 12.2 Å². The van der Waals surface area contributed by atoms with Crippen LogP contribution in [-0.2, 0) is 16.0 Å². The summed E-state index contributed by atoms with van der Waals surface area (Å²) in [6.45, 7) is 4.09. The van der Waals surface area contributed by atoms with Crippen LogP contribution in [0.3, 0.4) is 0 Å². The summed E-state index contributed by atoms with van der Waals surface area (Å²) in [5.41, 5.74) is 5.90. The maximum absolute atomic E-state index is 12.6. The van der Waals surface area contributed by atoms with Crippen molar-refractivity contribution >= 4 is 35.0 Å². The van der Waals surface area contributed by atoms with E-state index in [9.17, 15) is 9.59 Å². The normalized spacial score (nSPS) is 15.7. The number of methoxy groups -OCH3 is 1. The molecule has 1 N–H and O–H groups in total. The largest absolute Gasteiger partial charge is 0.497 e. The van der Waals surface area contributed by atoms with Gasteiger partial charge in [0.1, 0.15) is 11.1 Å². The molecule has 0 spiro atoms. The number of amides is 2. The van der Waals surface area contributed by atoms with E-state index in [1.54, 1.807) is 18.9 Å². The van der Waals surface area contributed by atoms with Crippen LogP contribution in [0.4, 0.5) is 11.4 Å². The van der Waals surface area contributed by atoms with Crippen molar-refractivity contribution in [3.63, 3.8) is 0 Å². The van der Waals surface area contributed by atoms with Gasteiger partial charge in [0.2, 0.25) is 11.8 Å². The van der Waals surface area contributed by atoms with E-state index < -0.39 is 0 Å². The lowest BCUT2D eigenvalue weighted by Gasteiger charge is -2.25. The van der Waals surface area contributed by atoms with Gasteiger partial charge in [-0.25, -0.2) is 0 Å². The predicted molar refractivity (Wildman–Crippen MR) is 130 cm³/mol. The third kappa shape index (κ3) is 4.97. The number of nitrogens with zero attached hydrogens (tertiary/aromatic N) is 1. The minimum absolute atomic E-state index is 0.0762. The molecular weight excluding hydrogens is 420 g/mol. The van der Waals surface area contributed by atoms with Crippen molar-refractivity contribution in [2.24, 2.45) is 0 Å². The first-order valence-electron chi connectivity index (χ1n) is 10.5. The summed E-state index contributed by atoms with van der Waals surface area (Å²) in [5, 5.41) is 2.87. The first-order chi connectivity index (χ1) is 15.4. The summed E-state index contributed by atoms with van der Waals surface area (Å²) in [6.07, 6.45) is 0.291. The van der Waals surface area contributed by atoms with E-state index in [2.05, 4.69) is 23.5 Å². The molecule has 2 amide bonds. The van der Waals surface area contributed by atoms with Crippen molar-refractivity contribution in [1.82, 2.24) is 0 Å². The van der Waals surface area contributed by atoms with E-state index >= 15 is 0 Å². The Morgan fingerprint density at radius 3 is 2.31 bits per heavy atom. The molecule has 1 atom stereocenters. The van der Waals surface area contributed by atoms with Crippen molar-refractivity contribution in [2.75, 3.05) is 23.1 Å². The molecule has 6 heteroatoms. The monoisotopic (exact) mass is 446 g/mol. The fourth-order valence-electron chi connectivity index (χ4n) is 3.90. The summed E-state index contributed by atoms with van der Waals surface area (Å²) < 4.78 is 5.15. The highest BCUT2D eigenvalue weighted by Crippen LogP contribution is 2.42. The van der Waals surface area contributed by atoms with Gasteiger partial charge in [0.15, 0.2) is 0 Å². The number of ether oxygens (including phenoxy) is 1. The van der Waals surface area contributed by atoms with Gasteiger partial charge in [-0.05, 0) is 72.5 Å². The molecule has 0 radical (unpaired) electrons. The third-order valence-electron chi connectivity index (χ3n) is 5.36. The number of carbonyl (C=O) groups is 2. The highest BCUT2D eigenvalue weighted by Gasteiger charge is 2.34. The summed E-state index contributed by atoms with van der Waals surface area (Å²) >= 11 is 1.62. The first-order valence-corrected chi connectivity index (χ1v) is 11.5. The lowest BCUT2D eigenvalue weighted by atomic mass is 10.1. The van der Waals surface area contributed by atoms with E-state index in [1.165, 1.54) is 0 Å². The summed E-state index contributed by atoms with van der Waals surface area (Å²) in [4.78, 5) is 26.9. The number of nitrogens with one attached hydrogen (secondary N) is 1. The quantitative estimate of drug-likeness (QED) is 0.560. The number of aryl methyl sites for hydroxylation is 2.